The lowest BCUT2D eigenvalue weighted by atomic mass is 10.0. The summed E-state index contributed by atoms with van der Waals surface area (Å²) in [4.78, 5) is 14.0. The first-order chi connectivity index (χ1) is 9.83. The monoisotopic (exact) mass is 293 g/mol. The Kier molecular flexibility index (Phi) is 6.49. The van der Waals surface area contributed by atoms with Gasteiger partial charge in [-0.15, -0.1) is 0 Å². The molecule has 1 aromatic carbocycles. The smallest absolute Gasteiger partial charge is 0.319 e. The Morgan fingerprint density at radius 3 is 2.48 bits per heavy atom. The van der Waals surface area contributed by atoms with Crippen molar-refractivity contribution in [3.05, 3.63) is 23.8 Å². The van der Waals surface area contributed by atoms with Crippen molar-refractivity contribution in [2.24, 2.45) is 5.92 Å². The minimum absolute atomic E-state index is 0.0514. The Labute approximate surface area is 127 Å². The molecule has 0 saturated heterocycles. The molecule has 3 N–H and O–H groups in total. The maximum Gasteiger partial charge on any atom is 0.319 e. The third-order valence-electron chi connectivity index (χ3n) is 3.25. The predicted octanol–water partition coefficient (Wildman–Crippen LogP) is 2.59. The van der Waals surface area contributed by atoms with E-state index in [0.29, 0.717) is 5.92 Å². The van der Waals surface area contributed by atoms with Crippen molar-refractivity contribution in [3.63, 3.8) is 0 Å². The van der Waals surface area contributed by atoms with Crippen LogP contribution in [0.3, 0.4) is 0 Å². The lowest BCUT2D eigenvalue weighted by Crippen LogP contribution is -2.40. The maximum absolute atomic E-state index is 11.9. The van der Waals surface area contributed by atoms with Crippen LogP contribution in [0.5, 0.6) is 0 Å². The number of carbonyl (C=O) groups excluding carboxylic acids is 1. The molecule has 0 spiro atoms. The van der Waals surface area contributed by atoms with E-state index in [1.54, 1.807) is 0 Å². The summed E-state index contributed by atoms with van der Waals surface area (Å²) in [7, 11) is 3.97. The first-order valence-corrected chi connectivity index (χ1v) is 7.29. The molecule has 1 atom stereocenters. The Balaban J connectivity index is 2.64. The minimum atomic E-state index is -0.285. The topological polar surface area (TPSA) is 64.6 Å². The van der Waals surface area contributed by atoms with Crippen LogP contribution in [0.2, 0.25) is 0 Å². The number of aliphatic hydroxyl groups excluding tert-OH is 1. The van der Waals surface area contributed by atoms with Gasteiger partial charge in [-0.25, -0.2) is 4.79 Å². The third kappa shape index (κ3) is 5.63. The summed E-state index contributed by atoms with van der Waals surface area (Å²) in [5.41, 5.74) is 2.96. The highest BCUT2D eigenvalue weighted by atomic mass is 16.3. The number of carbonyl (C=O) groups is 1. The summed E-state index contributed by atoms with van der Waals surface area (Å²) in [5.74, 6) is 0.420. The fraction of sp³-hybridized carbons (Fsp3) is 0.562. The van der Waals surface area contributed by atoms with E-state index in [-0.39, 0.29) is 18.7 Å². The molecular formula is C16H27N3O2. The zero-order valence-corrected chi connectivity index (χ0v) is 13.6. The Bertz CT molecular complexity index is 473. The van der Waals surface area contributed by atoms with Crippen LogP contribution in [0.4, 0.5) is 16.2 Å². The summed E-state index contributed by atoms with van der Waals surface area (Å²) in [6.45, 7) is 6.08. The van der Waals surface area contributed by atoms with Gasteiger partial charge in [-0.2, -0.15) is 0 Å². The zero-order valence-electron chi connectivity index (χ0n) is 13.6. The van der Waals surface area contributed by atoms with E-state index in [2.05, 4.69) is 24.5 Å². The number of aryl methyl sites for hydroxylation is 1. The van der Waals surface area contributed by atoms with Gasteiger partial charge >= 0.3 is 6.03 Å². The van der Waals surface area contributed by atoms with Gasteiger partial charge in [0.05, 0.1) is 12.6 Å². The molecule has 0 aliphatic rings. The Hall–Kier alpha value is -1.75. The molecule has 1 rings (SSSR count). The predicted molar refractivity (Wildman–Crippen MR) is 88.0 cm³/mol. The van der Waals surface area contributed by atoms with Gasteiger partial charge < -0.3 is 20.6 Å². The number of benzene rings is 1. The first kappa shape index (κ1) is 17.3. The maximum atomic E-state index is 11.9. The van der Waals surface area contributed by atoms with Gasteiger partial charge in [0.2, 0.25) is 0 Å². The quantitative estimate of drug-likeness (QED) is 0.755. The molecule has 0 aliphatic heterocycles. The van der Waals surface area contributed by atoms with Crippen LogP contribution in [0.15, 0.2) is 18.2 Å². The van der Waals surface area contributed by atoms with Crippen molar-refractivity contribution >= 4 is 17.4 Å². The summed E-state index contributed by atoms with van der Waals surface area (Å²) in [6.07, 6.45) is 0.752. The number of urea groups is 1. The standard InChI is InChI=1S/C16H27N3O2/c1-11(2)8-14(10-20)18-16(21)17-13-6-7-15(19(4)5)12(3)9-13/h6-7,9,11,14,20H,8,10H2,1-5H3,(H2,17,18,21)/t14-/m1/s1. The van der Waals surface area contributed by atoms with Gasteiger partial charge in [0, 0.05) is 25.5 Å². The van der Waals surface area contributed by atoms with Crippen molar-refractivity contribution in [2.45, 2.75) is 33.2 Å². The number of anilines is 2. The molecule has 0 bridgehead atoms. The van der Waals surface area contributed by atoms with E-state index in [0.717, 1.165) is 23.4 Å². The van der Waals surface area contributed by atoms with Crippen molar-refractivity contribution in [1.82, 2.24) is 5.32 Å². The summed E-state index contributed by atoms with van der Waals surface area (Å²) in [5, 5.41) is 14.9. The number of aliphatic hydroxyl groups is 1. The summed E-state index contributed by atoms with van der Waals surface area (Å²) in [6, 6.07) is 5.28. The number of nitrogens with zero attached hydrogens (tertiary/aromatic N) is 1. The van der Waals surface area contributed by atoms with Gasteiger partial charge in [0.1, 0.15) is 0 Å². The third-order valence-corrected chi connectivity index (χ3v) is 3.25. The fourth-order valence-electron chi connectivity index (χ4n) is 2.34. The fourth-order valence-corrected chi connectivity index (χ4v) is 2.34. The van der Waals surface area contributed by atoms with Crippen LogP contribution in [0.1, 0.15) is 25.8 Å². The normalized spacial score (nSPS) is 12.1. The molecule has 2 amide bonds. The molecule has 0 radical (unpaired) electrons. The molecule has 0 unspecified atom stereocenters. The number of rotatable bonds is 6. The van der Waals surface area contributed by atoms with Gasteiger partial charge in [0.25, 0.3) is 0 Å². The van der Waals surface area contributed by atoms with Crippen LogP contribution in [-0.4, -0.2) is 37.9 Å². The summed E-state index contributed by atoms with van der Waals surface area (Å²) >= 11 is 0. The molecule has 21 heavy (non-hydrogen) atoms. The lowest BCUT2D eigenvalue weighted by Gasteiger charge is -2.19. The van der Waals surface area contributed by atoms with E-state index in [9.17, 15) is 9.90 Å². The molecule has 118 valence electrons. The highest BCUT2D eigenvalue weighted by Gasteiger charge is 2.13. The van der Waals surface area contributed by atoms with Gasteiger partial charge in [-0.1, -0.05) is 13.8 Å². The van der Waals surface area contributed by atoms with Crippen molar-refractivity contribution in [3.8, 4) is 0 Å². The van der Waals surface area contributed by atoms with Crippen molar-refractivity contribution in [2.75, 3.05) is 30.9 Å². The summed E-state index contributed by atoms with van der Waals surface area (Å²) < 4.78 is 0. The largest absolute Gasteiger partial charge is 0.394 e. The molecule has 5 nitrogen and oxygen atoms in total. The highest BCUT2D eigenvalue weighted by Crippen LogP contribution is 2.21. The minimum Gasteiger partial charge on any atom is -0.394 e. The van der Waals surface area contributed by atoms with E-state index in [4.69, 9.17) is 0 Å². The highest BCUT2D eigenvalue weighted by molar-refractivity contribution is 5.89. The first-order valence-electron chi connectivity index (χ1n) is 7.29. The molecule has 0 heterocycles. The number of hydrogen-bond donors (Lipinski definition) is 3. The second-order valence-electron chi connectivity index (χ2n) is 6.00. The number of amides is 2. The van der Waals surface area contributed by atoms with E-state index in [1.807, 2.05) is 44.1 Å². The average Bonchev–Trinajstić information content (AvgIpc) is 2.36. The second kappa shape index (κ2) is 7.88. The molecule has 0 saturated carbocycles. The van der Waals surface area contributed by atoms with Crippen molar-refractivity contribution in [1.29, 1.82) is 0 Å². The average molecular weight is 293 g/mol. The number of nitrogens with one attached hydrogen (secondary N) is 2. The zero-order chi connectivity index (χ0) is 16.0. The van der Waals surface area contributed by atoms with Crippen LogP contribution in [-0.2, 0) is 0 Å². The molecular weight excluding hydrogens is 266 g/mol. The Morgan fingerprint density at radius 1 is 1.33 bits per heavy atom. The van der Waals surface area contributed by atoms with Gasteiger partial charge in [0.15, 0.2) is 0 Å². The molecule has 0 aliphatic carbocycles. The van der Waals surface area contributed by atoms with Crippen LogP contribution in [0.25, 0.3) is 0 Å². The SMILES string of the molecule is Cc1cc(NC(=O)N[C@@H](CO)CC(C)C)ccc1N(C)C. The molecule has 1 aromatic rings. The van der Waals surface area contributed by atoms with Crippen LogP contribution in [0, 0.1) is 12.8 Å². The Morgan fingerprint density at radius 2 is 2.00 bits per heavy atom. The molecule has 0 fully saturated rings. The van der Waals surface area contributed by atoms with E-state index >= 15 is 0 Å². The molecule has 5 heteroatoms. The van der Waals surface area contributed by atoms with E-state index in [1.165, 1.54) is 0 Å². The van der Waals surface area contributed by atoms with Crippen LogP contribution < -0.4 is 15.5 Å². The lowest BCUT2D eigenvalue weighted by molar-refractivity contribution is 0.214. The van der Waals surface area contributed by atoms with Gasteiger partial charge in [-0.05, 0) is 43.0 Å². The van der Waals surface area contributed by atoms with Gasteiger partial charge in [-0.3, -0.25) is 0 Å². The van der Waals surface area contributed by atoms with E-state index < -0.39 is 0 Å². The second-order valence-corrected chi connectivity index (χ2v) is 6.00. The molecule has 0 aromatic heterocycles. The van der Waals surface area contributed by atoms with Crippen LogP contribution >= 0.6 is 0 Å². The van der Waals surface area contributed by atoms with Crippen molar-refractivity contribution < 1.29 is 9.90 Å². The number of hydrogen-bond acceptors (Lipinski definition) is 3.